The Labute approximate surface area is 50.9 Å². The second-order valence-electron chi connectivity index (χ2n) is 2.52. The molecule has 0 spiro atoms. The van der Waals surface area contributed by atoms with Crippen molar-refractivity contribution in [3.8, 4) is 0 Å². The number of carboxylic acids is 1. The molecule has 2 aliphatic rings. The average Bonchev–Trinajstić information content (AvgIpc) is 2.36. The maximum Gasteiger partial charge on any atom is 0.330 e. The smallest absolute Gasteiger partial charge is 0.330 e. The monoisotopic (exact) mass is 127 g/mol. The molecule has 1 heterocycles. The van der Waals surface area contributed by atoms with Crippen LogP contribution in [-0.2, 0) is 9.59 Å². The van der Waals surface area contributed by atoms with Crippen LogP contribution in [0, 0.1) is 5.92 Å². The molecule has 2 atom stereocenters. The predicted molar refractivity (Wildman–Crippen MR) is 26.6 cm³/mol. The second-order valence-corrected chi connectivity index (χ2v) is 2.52. The fourth-order valence-corrected chi connectivity index (χ4v) is 1.24. The summed E-state index contributed by atoms with van der Waals surface area (Å²) in [7, 11) is 0. The first kappa shape index (κ1) is 4.78. The minimum absolute atomic E-state index is 0.114. The molecular formula is C5H5NO3. The first-order chi connectivity index (χ1) is 4.17. The van der Waals surface area contributed by atoms with E-state index in [0.29, 0.717) is 6.42 Å². The number of hydrogen-bond acceptors (Lipinski definition) is 2. The van der Waals surface area contributed by atoms with E-state index in [0.717, 1.165) is 0 Å². The molecule has 48 valence electrons. The molecule has 2 unspecified atom stereocenters. The third-order valence-corrected chi connectivity index (χ3v) is 2.01. The standard InChI is InChI=1S/C5H5NO3/c7-3-2-1-5(2,6-3)4(8)9/h2H,1H2,(H,6,7)(H,8,9). The number of β-lactam (4-membered cyclic amide) rings is 1. The van der Waals surface area contributed by atoms with Crippen LogP contribution in [0.25, 0.3) is 0 Å². The summed E-state index contributed by atoms with van der Waals surface area (Å²) in [6.07, 6.45) is 0.487. The number of rotatable bonds is 1. The van der Waals surface area contributed by atoms with Crippen LogP contribution in [0.3, 0.4) is 0 Å². The molecule has 2 rings (SSSR count). The van der Waals surface area contributed by atoms with Crippen molar-refractivity contribution in [2.24, 2.45) is 5.92 Å². The zero-order valence-corrected chi connectivity index (χ0v) is 4.55. The molecule has 1 aliphatic heterocycles. The summed E-state index contributed by atoms with van der Waals surface area (Å²) in [5.41, 5.74) is -0.822. The minimum Gasteiger partial charge on any atom is -0.479 e. The average molecular weight is 127 g/mol. The predicted octanol–water partition coefficient (Wildman–Crippen LogP) is -1.04. The van der Waals surface area contributed by atoms with Crippen molar-refractivity contribution in [3.05, 3.63) is 0 Å². The van der Waals surface area contributed by atoms with Crippen LogP contribution < -0.4 is 5.32 Å². The number of fused-ring (bicyclic) bond motifs is 1. The van der Waals surface area contributed by atoms with E-state index in [2.05, 4.69) is 5.32 Å². The van der Waals surface area contributed by atoms with Crippen molar-refractivity contribution in [3.63, 3.8) is 0 Å². The zero-order chi connectivity index (χ0) is 6.65. The third kappa shape index (κ3) is 0.322. The summed E-state index contributed by atoms with van der Waals surface area (Å²) >= 11 is 0. The molecule has 9 heavy (non-hydrogen) atoms. The number of amides is 1. The van der Waals surface area contributed by atoms with Crippen LogP contribution in [0.1, 0.15) is 6.42 Å². The number of carbonyl (C=O) groups excluding carboxylic acids is 1. The Balaban J connectivity index is 2.20. The van der Waals surface area contributed by atoms with Gasteiger partial charge in [-0.3, -0.25) is 4.79 Å². The molecule has 1 aliphatic carbocycles. The third-order valence-electron chi connectivity index (χ3n) is 2.01. The van der Waals surface area contributed by atoms with E-state index in [-0.39, 0.29) is 11.8 Å². The summed E-state index contributed by atoms with van der Waals surface area (Å²) in [6.45, 7) is 0. The van der Waals surface area contributed by atoms with Crippen LogP contribution in [0.4, 0.5) is 0 Å². The van der Waals surface area contributed by atoms with Crippen LogP contribution in [0.5, 0.6) is 0 Å². The minimum atomic E-state index is -0.896. The Morgan fingerprint density at radius 2 is 2.56 bits per heavy atom. The van der Waals surface area contributed by atoms with Gasteiger partial charge in [0.2, 0.25) is 5.91 Å². The Hall–Kier alpha value is -1.06. The van der Waals surface area contributed by atoms with Gasteiger partial charge in [0.15, 0.2) is 5.54 Å². The largest absolute Gasteiger partial charge is 0.479 e. The Morgan fingerprint density at radius 3 is 2.67 bits per heavy atom. The molecule has 0 aromatic carbocycles. The maximum atomic E-state index is 10.4. The van der Waals surface area contributed by atoms with Crippen LogP contribution in [0.15, 0.2) is 0 Å². The number of carbonyl (C=O) groups is 2. The summed E-state index contributed by atoms with van der Waals surface area (Å²) in [4.78, 5) is 20.7. The first-order valence-electron chi connectivity index (χ1n) is 2.72. The molecule has 0 aromatic heterocycles. The van der Waals surface area contributed by atoms with Gasteiger partial charge in [0, 0.05) is 0 Å². The lowest BCUT2D eigenvalue weighted by Gasteiger charge is -2.21. The first-order valence-corrected chi connectivity index (χ1v) is 2.72. The second kappa shape index (κ2) is 0.964. The molecule has 0 radical (unpaired) electrons. The Kier molecular flexibility index (Phi) is 0.512. The highest BCUT2D eigenvalue weighted by molar-refractivity contribution is 6.06. The lowest BCUT2D eigenvalue weighted by molar-refractivity contribution is -0.149. The van der Waals surface area contributed by atoms with Crippen LogP contribution >= 0.6 is 0 Å². The highest BCUT2D eigenvalue weighted by Gasteiger charge is 2.73. The Morgan fingerprint density at radius 1 is 1.89 bits per heavy atom. The van der Waals surface area contributed by atoms with E-state index in [1.54, 1.807) is 0 Å². The number of nitrogens with one attached hydrogen (secondary N) is 1. The van der Waals surface area contributed by atoms with Crippen molar-refractivity contribution >= 4 is 11.9 Å². The van der Waals surface area contributed by atoms with Gasteiger partial charge >= 0.3 is 5.97 Å². The maximum absolute atomic E-state index is 10.4. The van der Waals surface area contributed by atoms with Crippen LogP contribution in [-0.4, -0.2) is 22.5 Å². The van der Waals surface area contributed by atoms with Crippen molar-refractivity contribution in [1.82, 2.24) is 5.32 Å². The highest BCUT2D eigenvalue weighted by Crippen LogP contribution is 2.51. The molecule has 1 saturated carbocycles. The summed E-state index contributed by atoms with van der Waals surface area (Å²) in [5, 5.41) is 10.8. The van der Waals surface area contributed by atoms with E-state index in [1.165, 1.54) is 0 Å². The molecular weight excluding hydrogens is 122 g/mol. The highest BCUT2D eigenvalue weighted by atomic mass is 16.4. The van der Waals surface area contributed by atoms with Crippen molar-refractivity contribution < 1.29 is 14.7 Å². The Bertz CT molecular complexity index is 212. The van der Waals surface area contributed by atoms with Gasteiger partial charge in [0.1, 0.15) is 0 Å². The molecule has 0 bridgehead atoms. The summed E-state index contributed by atoms with van der Waals surface area (Å²) < 4.78 is 0. The molecule has 2 N–H and O–H groups in total. The summed E-state index contributed by atoms with van der Waals surface area (Å²) in [6, 6.07) is 0. The van der Waals surface area contributed by atoms with E-state index in [1.807, 2.05) is 0 Å². The van der Waals surface area contributed by atoms with E-state index >= 15 is 0 Å². The van der Waals surface area contributed by atoms with Gasteiger partial charge in [0.05, 0.1) is 5.92 Å². The molecule has 1 amide bonds. The fourth-order valence-electron chi connectivity index (χ4n) is 1.24. The quantitative estimate of drug-likeness (QED) is 0.442. The van der Waals surface area contributed by atoms with Gasteiger partial charge in [-0.25, -0.2) is 4.79 Å². The number of carboxylic acid groups (broad SMARTS) is 1. The topological polar surface area (TPSA) is 66.4 Å². The SMILES string of the molecule is O=C1NC2(C(=O)O)CC12. The van der Waals surface area contributed by atoms with E-state index in [9.17, 15) is 9.59 Å². The van der Waals surface area contributed by atoms with Gasteiger partial charge in [-0.05, 0) is 6.42 Å². The van der Waals surface area contributed by atoms with Crippen molar-refractivity contribution in [1.29, 1.82) is 0 Å². The van der Waals surface area contributed by atoms with Gasteiger partial charge in [-0.1, -0.05) is 0 Å². The van der Waals surface area contributed by atoms with Gasteiger partial charge in [0.25, 0.3) is 0 Å². The van der Waals surface area contributed by atoms with Gasteiger partial charge < -0.3 is 10.4 Å². The lowest BCUT2D eigenvalue weighted by atomic mass is 10.1. The summed E-state index contributed by atoms with van der Waals surface area (Å²) in [5.74, 6) is -1.22. The van der Waals surface area contributed by atoms with E-state index < -0.39 is 11.5 Å². The van der Waals surface area contributed by atoms with Gasteiger partial charge in [-0.15, -0.1) is 0 Å². The number of hydrogen-bond donors (Lipinski definition) is 2. The van der Waals surface area contributed by atoms with Crippen LogP contribution in [0.2, 0.25) is 0 Å². The molecule has 2 fully saturated rings. The van der Waals surface area contributed by atoms with Gasteiger partial charge in [-0.2, -0.15) is 0 Å². The molecule has 0 aromatic rings. The van der Waals surface area contributed by atoms with E-state index in [4.69, 9.17) is 5.11 Å². The zero-order valence-electron chi connectivity index (χ0n) is 4.55. The van der Waals surface area contributed by atoms with Crippen molar-refractivity contribution in [2.45, 2.75) is 12.0 Å². The normalized spacial score (nSPS) is 44.4. The van der Waals surface area contributed by atoms with Crippen molar-refractivity contribution in [2.75, 3.05) is 0 Å². The number of aliphatic carboxylic acids is 1. The lowest BCUT2D eigenvalue weighted by Crippen LogP contribution is -2.55. The molecule has 1 saturated heterocycles. The molecule has 4 nitrogen and oxygen atoms in total. The fraction of sp³-hybridized carbons (Fsp3) is 0.600. The molecule has 4 heteroatoms.